The first-order chi connectivity index (χ1) is 14.4. The maximum atomic E-state index is 13.4. The van der Waals surface area contributed by atoms with Gasteiger partial charge in [0, 0.05) is 37.4 Å². The van der Waals surface area contributed by atoms with Gasteiger partial charge in [0.1, 0.15) is 0 Å². The SMILES string of the molecule is CN(C)c1ncc(-c2cccc(Cl)c2)c([C@@H]2CCCN2S(=O)(=O)c2ccccc2)n1. The highest BCUT2D eigenvalue weighted by Crippen LogP contribution is 2.40. The fraction of sp³-hybridized carbons (Fsp3) is 0.273. The van der Waals surface area contributed by atoms with E-state index in [0.29, 0.717) is 34.5 Å². The van der Waals surface area contributed by atoms with Crippen molar-refractivity contribution in [2.75, 3.05) is 25.5 Å². The van der Waals surface area contributed by atoms with Crippen LogP contribution in [-0.2, 0) is 10.0 Å². The molecule has 3 aromatic rings. The largest absolute Gasteiger partial charge is 0.347 e. The van der Waals surface area contributed by atoms with Gasteiger partial charge >= 0.3 is 0 Å². The van der Waals surface area contributed by atoms with Gasteiger partial charge in [-0.3, -0.25) is 0 Å². The highest BCUT2D eigenvalue weighted by molar-refractivity contribution is 7.89. The minimum absolute atomic E-state index is 0.295. The lowest BCUT2D eigenvalue weighted by Crippen LogP contribution is -2.31. The lowest BCUT2D eigenvalue weighted by Gasteiger charge is -2.26. The first-order valence-corrected chi connectivity index (χ1v) is 11.6. The molecule has 1 aliphatic rings. The Kier molecular flexibility index (Phi) is 5.77. The number of aromatic nitrogens is 2. The average molecular weight is 443 g/mol. The van der Waals surface area contributed by atoms with E-state index in [-0.39, 0.29) is 6.04 Å². The number of hydrogen-bond acceptors (Lipinski definition) is 5. The van der Waals surface area contributed by atoms with Crippen LogP contribution >= 0.6 is 11.6 Å². The van der Waals surface area contributed by atoms with Crippen molar-refractivity contribution in [3.8, 4) is 11.1 Å². The lowest BCUT2D eigenvalue weighted by atomic mass is 10.0. The second-order valence-corrected chi connectivity index (χ2v) is 9.79. The molecule has 8 heteroatoms. The molecule has 30 heavy (non-hydrogen) atoms. The third-order valence-corrected chi connectivity index (χ3v) is 7.37. The number of anilines is 1. The minimum atomic E-state index is -3.64. The molecular weight excluding hydrogens is 420 g/mol. The topological polar surface area (TPSA) is 66.4 Å². The summed E-state index contributed by atoms with van der Waals surface area (Å²) in [4.78, 5) is 11.4. The third kappa shape index (κ3) is 3.93. The van der Waals surface area contributed by atoms with Crippen molar-refractivity contribution in [2.24, 2.45) is 0 Å². The number of rotatable bonds is 5. The summed E-state index contributed by atoms with van der Waals surface area (Å²) in [6.45, 7) is 0.457. The Morgan fingerprint density at radius 1 is 1.10 bits per heavy atom. The number of halogens is 1. The molecule has 4 rings (SSSR count). The fourth-order valence-electron chi connectivity index (χ4n) is 3.76. The van der Waals surface area contributed by atoms with Crippen LogP contribution in [0.4, 0.5) is 5.95 Å². The number of nitrogens with zero attached hydrogens (tertiary/aromatic N) is 4. The van der Waals surface area contributed by atoms with Crippen molar-refractivity contribution in [1.29, 1.82) is 0 Å². The van der Waals surface area contributed by atoms with E-state index in [2.05, 4.69) is 4.98 Å². The normalized spacial score (nSPS) is 17.2. The van der Waals surface area contributed by atoms with Gasteiger partial charge in [-0.1, -0.05) is 41.9 Å². The van der Waals surface area contributed by atoms with Gasteiger partial charge in [0.25, 0.3) is 0 Å². The molecule has 1 aromatic heterocycles. The predicted octanol–water partition coefficient (Wildman–Crippen LogP) is 4.39. The van der Waals surface area contributed by atoms with E-state index in [1.165, 1.54) is 0 Å². The first-order valence-electron chi connectivity index (χ1n) is 9.75. The molecule has 0 amide bonds. The second-order valence-electron chi connectivity index (χ2n) is 7.46. The molecule has 156 valence electrons. The van der Waals surface area contributed by atoms with E-state index in [9.17, 15) is 8.42 Å². The van der Waals surface area contributed by atoms with Crippen LogP contribution in [0.2, 0.25) is 5.02 Å². The molecule has 0 bridgehead atoms. The van der Waals surface area contributed by atoms with E-state index in [1.807, 2.05) is 49.3 Å². The Hall–Kier alpha value is -2.48. The van der Waals surface area contributed by atoms with E-state index in [0.717, 1.165) is 17.5 Å². The Morgan fingerprint density at radius 2 is 1.87 bits per heavy atom. The van der Waals surface area contributed by atoms with Crippen LogP contribution in [0.5, 0.6) is 0 Å². The molecule has 2 heterocycles. The first kappa shape index (κ1) is 20.8. The molecule has 0 saturated carbocycles. The molecule has 6 nitrogen and oxygen atoms in total. The molecule has 1 fully saturated rings. The van der Waals surface area contributed by atoms with Gasteiger partial charge in [0.2, 0.25) is 16.0 Å². The summed E-state index contributed by atoms with van der Waals surface area (Å²) in [5, 5.41) is 0.607. The predicted molar refractivity (Wildman–Crippen MR) is 119 cm³/mol. The monoisotopic (exact) mass is 442 g/mol. The number of sulfonamides is 1. The van der Waals surface area contributed by atoms with Crippen molar-refractivity contribution < 1.29 is 8.42 Å². The van der Waals surface area contributed by atoms with Gasteiger partial charge < -0.3 is 4.90 Å². The molecule has 0 spiro atoms. The summed E-state index contributed by atoms with van der Waals surface area (Å²) in [5.41, 5.74) is 2.36. The van der Waals surface area contributed by atoms with Crippen LogP contribution in [0.15, 0.2) is 65.7 Å². The Bertz CT molecular complexity index is 1150. The maximum Gasteiger partial charge on any atom is 0.243 e. The molecule has 1 atom stereocenters. The zero-order valence-electron chi connectivity index (χ0n) is 16.9. The summed E-state index contributed by atoms with van der Waals surface area (Å²) in [6, 6.07) is 15.7. The fourth-order valence-corrected chi connectivity index (χ4v) is 5.63. The van der Waals surface area contributed by atoms with Gasteiger partial charge in [-0.15, -0.1) is 0 Å². The highest BCUT2D eigenvalue weighted by atomic mass is 35.5. The molecule has 0 N–H and O–H groups in total. The quantitative estimate of drug-likeness (QED) is 0.586. The van der Waals surface area contributed by atoms with Crippen LogP contribution in [0, 0.1) is 0 Å². The van der Waals surface area contributed by atoms with Gasteiger partial charge in [-0.05, 0) is 42.7 Å². The van der Waals surface area contributed by atoms with E-state index in [4.69, 9.17) is 16.6 Å². The van der Waals surface area contributed by atoms with Crippen molar-refractivity contribution in [3.05, 3.63) is 71.5 Å². The van der Waals surface area contributed by atoms with Crippen molar-refractivity contribution in [3.63, 3.8) is 0 Å². The third-order valence-electron chi connectivity index (χ3n) is 5.21. The van der Waals surface area contributed by atoms with Gasteiger partial charge in [-0.25, -0.2) is 18.4 Å². The smallest absolute Gasteiger partial charge is 0.243 e. The molecule has 1 saturated heterocycles. The van der Waals surface area contributed by atoms with Gasteiger partial charge in [-0.2, -0.15) is 4.31 Å². The van der Waals surface area contributed by atoms with Gasteiger partial charge in [0.05, 0.1) is 16.6 Å². The van der Waals surface area contributed by atoms with Crippen LogP contribution < -0.4 is 4.90 Å². The maximum absolute atomic E-state index is 13.4. The second kappa shape index (κ2) is 8.34. The Balaban J connectivity index is 1.84. The number of hydrogen-bond donors (Lipinski definition) is 0. The van der Waals surface area contributed by atoms with Crippen LogP contribution in [0.3, 0.4) is 0 Å². The standard InChI is InChI=1S/C22H23ClN4O2S/c1-26(2)22-24-15-19(16-8-6-9-17(23)14-16)21(25-22)20-12-7-13-27(20)30(28,29)18-10-4-3-5-11-18/h3-6,8-11,14-15,20H,7,12-13H2,1-2H3/t20-/m0/s1. The summed E-state index contributed by atoms with van der Waals surface area (Å²) in [5.74, 6) is 0.541. The average Bonchev–Trinajstić information content (AvgIpc) is 3.24. The van der Waals surface area contributed by atoms with E-state index in [1.54, 1.807) is 34.8 Å². The Labute approximate surface area is 182 Å². The van der Waals surface area contributed by atoms with Crippen molar-refractivity contribution >= 4 is 27.6 Å². The zero-order valence-corrected chi connectivity index (χ0v) is 18.4. The zero-order chi connectivity index (χ0) is 21.3. The molecule has 0 radical (unpaired) electrons. The molecular formula is C22H23ClN4O2S. The lowest BCUT2D eigenvalue weighted by molar-refractivity contribution is 0.391. The van der Waals surface area contributed by atoms with Crippen LogP contribution in [-0.4, -0.2) is 43.3 Å². The number of benzene rings is 2. The molecule has 2 aromatic carbocycles. The highest BCUT2D eigenvalue weighted by Gasteiger charge is 2.38. The van der Waals surface area contributed by atoms with E-state index >= 15 is 0 Å². The molecule has 0 aliphatic carbocycles. The van der Waals surface area contributed by atoms with E-state index < -0.39 is 10.0 Å². The van der Waals surface area contributed by atoms with Gasteiger partial charge in [0.15, 0.2) is 0 Å². The summed E-state index contributed by atoms with van der Waals surface area (Å²) < 4.78 is 28.3. The Morgan fingerprint density at radius 3 is 2.57 bits per heavy atom. The van der Waals surface area contributed by atoms with Crippen molar-refractivity contribution in [1.82, 2.24) is 14.3 Å². The van der Waals surface area contributed by atoms with Crippen LogP contribution in [0.1, 0.15) is 24.6 Å². The van der Waals surface area contributed by atoms with Crippen molar-refractivity contribution in [2.45, 2.75) is 23.8 Å². The summed E-state index contributed by atoms with van der Waals surface area (Å²) >= 11 is 6.21. The molecule has 0 unspecified atom stereocenters. The summed E-state index contributed by atoms with van der Waals surface area (Å²) in [6.07, 6.45) is 3.23. The summed E-state index contributed by atoms with van der Waals surface area (Å²) in [7, 11) is 0.0898. The molecule has 1 aliphatic heterocycles. The van der Waals surface area contributed by atoms with Crippen LogP contribution in [0.25, 0.3) is 11.1 Å². The minimum Gasteiger partial charge on any atom is -0.347 e.